The number of piperidine rings is 1. The van der Waals surface area contributed by atoms with Crippen LogP contribution in [-0.4, -0.2) is 54.2 Å². The van der Waals surface area contributed by atoms with E-state index in [2.05, 4.69) is 20.1 Å². The molecule has 3 aromatic rings. The number of fused-ring (bicyclic) bond motifs is 3. The zero-order valence-corrected chi connectivity index (χ0v) is 15.6. The predicted octanol–water partition coefficient (Wildman–Crippen LogP) is 2.08. The summed E-state index contributed by atoms with van der Waals surface area (Å²) in [6.07, 6.45) is 4.32. The smallest absolute Gasteiger partial charge is 0.410 e. The van der Waals surface area contributed by atoms with E-state index in [1.165, 1.54) is 0 Å². The molecule has 1 N–H and O–H groups in total. The summed E-state index contributed by atoms with van der Waals surface area (Å²) in [5, 5.41) is 4.50. The van der Waals surface area contributed by atoms with Gasteiger partial charge in [-0.05, 0) is 33.6 Å². The van der Waals surface area contributed by atoms with Crippen LogP contribution in [0.2, 0.25) is 0 Å². The summed E-state index contributed by atoms with van der Waals surface area (Å²) in [7, 11) is 0. The molecule has 9 heteroatoms. The second-order valence-corrected chi connectivity index (χ2v) is 7.79. The number of aromatic nitrogens is 5. The van der Waals surface area contributed by atoms with E-state index >= 15 is 0 Å². The van der Waals surface area contributed by atoms with Crippen molar-refractivity contribution in [2.24, 2.45) is 0 Å². The molecule has 1 saturated heterocycles. The van der Waals surface area contributed by atoms with Crippen LogP contribution >= 0.6 is 0 Å². The van der Waals surface area contributed by atoms with Gasteiger partial charge in [-0.2, -0.15) is 0 Å². The lowest BCUT2D eigenvalue weighted by Gasteiger charge is -2.33. The second kappa shape index (κ2) is 6.33. The average Bonchev–Trinajstić information content (AvgIpc) is 2.98. The summed E-state index contributed by atoms with van der Waals surface area (Å²) in [6.45, 7) is 6.72. The van der Waals surface area contributed by atoms with E-state index < -0.39 is 5.60 Å². The molecular weight excluding hydrogens is 348 g/mol. The summed E-state index contributed by atoms with van der Waals surface area (Å²) in [5.74, 6) is 0.114. The number of hydrogen-bond donors (Lipinski definition) is 1. The number of carbonyl (C=O) groups is 1. The molecule has 1 fully saturated rings. The normalized spacial score (nSPS) is 16.2. The zero-order chi connectivity index (χ0) is 19.2. The highest BCUT2D eigenvalue weighted by molar-refractivity contribution is 5.85. The minimum absolute atomic E-state index is 0.114. The quantitative estimate of drug-likeness (QED) is 0.703. The summed E-state index contributed by atoms with van der Waals surface area (Å²) < 4.78 is 7.17. The zero-order valence-electron chi connectivity index (χ0n) is 15.6. The van der Waals surface area contributed by atoms with Crippen LogP contribution in [0.15, 0.2) is 23.3 Å². The SMILES string of the molecule is CC(C)(C)OC(=O)N1CCC(c2cc(=O)[nH]c3c4nccnc4nn23)CC1. The Morgan fingerprint density at radius 3 is 2.63 bits per heavy atom. The van der Waals surface area contributed by atoms with Gasteiger partial charge in [0.25, 0.3) is 5.56 Å². The van der Waals surface area contributed by atoms with Crippen LogP contribution < -0.4 is 5.56 Å². The molecule has 9 nitrogen and oxygen atoms in total. The maximum Gasteiger partial charge on any atom is 0.410 e. The number of nitrogens with one attached hydrogen (secondary N) is 1. The number of likely N-dealkylation sites (tertiary alicyclic amines) is 1. The highest BCUT2D eigenvalue weighted by Crippen LogP contribution is 2.29. The summed E-state index contributed by atoms with van der Waals surface area (Å²) >= 11 is 0. The lowest BCUT2D eigenvalue weighted by molar-refractivity contribution is 0.0203. The summed E-state index contributed by atoms with van der Waals surface area (Å²) in [6, 6.07) is 1.58. The van der Waals surface area contributed by atoms with E-state index in [1.807, 2.05) is 20.8 Å². The van der Waals surface area contributed by atoms with Crippen LogP contribution in [0.4, 0.5) is 4.79 Å². The molecular formula is C18H22N6O3. The molecule has 0 radical (unpaired) electrons. The average molecular weight is 370 g/mol. The molecule has 0 bridgehead atoms. The van der Waals surface area contributed by atoms with Crippen molar-refractivity contribution >= 4 is 22.9 Å². The van der Waals surface area contributed by atoms with Crippen LogP contribution in [0, 0.1) is 0 Å². The Balaban J connectivity index is 1.61. The Hall–Kier alpha value is -2.97. The number of ether oxygens (including phenoxy) is 1. The molecule has 0 spiro atoms. The molecule has 4 rings (SSSR count). The summed E-state index contributed by atoms with van der Waals surface area (Å²) in [4.78, 5) is 37.5. The Kier molecular flexibility index (Phi) is 4.09. The predicted molar refractivity (Wildman–Crippen MR) is 98.7 cm³/mol. The van der Waals surface area contributed by atoms with Gasteiger partial charge in [0.05, 0.1) is 5.69 Å². The van der Waals surface area contributed by atoms with Crippen LogP contribution in [0.25, 0.3) is 16.8 Å². The van der Waals surface area contributed by atoms with Gasteiger partial charge in [-0.1, -0.05) is 0 Å². The fourth-order valence-electron chi connectivity index (χ4n) is 3.44. The monoisotopic (exact) mass is 370 g/mol. The van der Waals surface area contributed by atoms with Crippen LogP contribution in [0.3, 0.4) is 0 Å². The summed E-state index contributed by atoms with van der Waals surface area (Å²) in [5.41, 5.74) is 1.73. The first kappa shape index (κ1) is 17.4. The molecule has 27 heavy (non-hydrogen) atoms. The Morgan fingerprint density at radius 2 is 1.93 bits per heavy atom. The van der Waals surface area contributed by atoms with Crippen molar-refractivity contribution < 1.29 is 9.53 Å². The van der Waals surface area contributed by atoms with Crippen LogP contribution in [0.1, 0.15) is 45.2 Å². The minimum atomic E-state index is -0.512. The number of H-pyrrole nitrogens is 1. The van der Waals surface area contributed by atoms with Crippen molar-refractivity contribution in [1.29, 1.82) is 0 Å². The minimum Gasteiger partial charge on any atom is -0.444 e. The molecule has 0 aliphatic carbocycles. The van der Waals surface area contributed by atoms with Gasteiger partial charge in [0.15, 0.2) is 11.2 Å². The van der Waals surface area contributed by atoms with Crippen molar-refractivity contribution in [3.63, 3.8) is 0 Å². The van der Waals surface area contributed by atoms with Gasteiger partial charge >= 0.3 is 6.09 Å². The first-order chi connectivity index (χ1) is 12.8. The van der Waals surface area contributed by atoms with Gasteiger partial charge in [0.2, 0.25) is 5.65 Å². The van der Waals surface area contributed by atoms with E-state index in [0.717, 1.165) is 18.5 Å². The van der Waals surface area contributed by atoms with Gasteiger partial charge in [0.1, 0.15) is 5.60 Å². The maximum atomic E-state index is 12.3. The lowest BCUT2D eigenvalue weighted by atomic mass is 9.93. The number of hydrogen-bond acceptors (Lipinski definition) is 6. The fourth-order valence-corrected chi connectivity index (χ4v) is 3.44. The van der Waals surface area contributed by atoms with Gasteiger partial charge in [-0.15, -0.1) is 5.10 Å². The van der Waals surface area contributed by atoms with Crippen molar-refractivity contribution in [1.82, 2.24) is 29.5 Å². The topological polar surface area (TPSA) is 105 Å². The lowest BCUT2D eigenvalue weighted by Crippen LogP contribution is -2.41. The van der Waals surface area contributed by atoms with Crippen LogP contribution in [0.5, 0.6) is 0 Å². The molecule has 0 saturated carbocycles. The third-order valence-electron chi connectivity index (χ3n) is 4.64. The van der Waals surface area contributed by atoms with Crippen molar-refractivity contribution in [3.8, 4) is 0 Å². The molecule has 0 atom stereocenters. The Labute approximate surface area is 155 Å². The molecule has 3 aromatic heterocycles. The highest BCUT2D eigenvalue weighted by Gasteiger charge is 2.29. The van der Waals surface area contributed by atoms with Crippen molar-refractivity contribution in [3.05, 3.63) is 34.5 Å². The fraction of sp³-hybridized carbons (Fsp3) is 0.500. The molecule has 142 valence electrons. The van der Waals surface area contributed by atoms with E-state index in [9.17, 15) is 9.59 Å². The number of rotatable bonds is 1. The van der Waals surface area contributed by atoms with Crippen LogP contribution in [-0.2, 0) is 4.74 Å². The van der Waals surface area contributed by atoms with Gasteiger partial charge in [-0.3, -0.25) is 4.79 Å². The van der Waals surface area contributed by atoms with E-state index in [4.69, 9.17) is 4.74 Å². The number of aromatic amines is 1. The van der Waals surface area contributed by atoms with Gasteiger partial charge in [0, 0.05) is 37.5 Å². The molecule has 0 unspecified atom stereocenters. The largest absolute Gasteiger partial charge is 0.444 e. The number of amides is 1. The number of nitrogens with zero attached hydrogens (tertiary/aromatic N) is 5. The van der Waals surface area contributed by atoms with E-state index in [0.29, 0.717) is 29.9 Å². The van der Waals surface area contributed by atoms with Crippen molar-refractivity contribution in [2.45, 2.75) is 45.1 Å². The molecule has 1 aliphatic heterocycles. The first-order valence-corrected chi connectivity index (χ1v) is 9.02. The number of carbonyl (C=O) groups excluding carboxylic acids is 1. The molecule has 1 aliphatic rings. The third kappa shape index (κ3) is 3.36. The molecule has 0 aromatic carbocycles. The highest BCUT2D eigenvalue weighted by atomic mass is 16.6. The van der Waals surface area contributed by atoms with Gasteiger partial charge < -0.3 is 14.6 Å². The van der Waals surface area contributed by atoms with E-state index in [-0.39, 0.29) is 17.6 Å². The first-order valence-electron chi connectivity index (χ1n) is 9.02. The van der Waals surface area contributed by atoms with Gasteiger partial charge in [-0.25, -0.2) is 19.3 Å². The maximum absolute atomic E-state index is 12.3. The molecule has 4 heterocycles. The molecule has 1 amide bonds. The Bertz CT molecular complexity index is 1060. The van der Waals surface area contributed by atoms with E-state index in [1.54, 1.807) is 27.9 Å². The third-order valence-corrected chi connectivity index (χ3v) is 4.64. The van der Waals surface area contributed by atoms with Crippen molar-refractivity contribution in [2.75, 3.05) is 13.1 Å². The Morgan fingerprint density at radius 1 is 1.22 bits per heavy atom. The second-order valence-electron chi connectivity index (χ2n) is 7.79. The standard InChI is InChI=1S/C18H22N6O3/c1-18(2,3)27-17(26)23-8-4-11(5-9-23)12-10-13(25)21-16-14-15(22-24(12)16)20-7-6-19-14/h6-7,10-11H,4-5,8-9H2,1-3H3,(H,21,25).